The molecule has 1 unspecified atom stereocenters. The minimum atomic E-state index is 0.428. The van der Waals surface area contributed by atoms with Crippen molar-refractivity contribution in [3.05, 3.63) is 0 Å². The first kappa shape index (κ1) is 13.2. The average molecular weight is 255 g/mol. The van der Waals surface area contributed by atoms with Crippen LogP contribution in [0.2, 0.25) is 0 Å². The van der Waals surface area contributed by atoms with Gasteiger partial charge < -0.3 is 15.5 Å². The fourth-order valence-electron chi connectivity index (χ4n) is 3.14. The fraction of sp³-hybridized carbons (Fsp3) is 0.923. The summed E-state index contributed by atoms with van der Waals surface area (Å²) in [6.45, 7) is 3.61. The molecule has 1 saturated heterocycles. The molecule has 1 heterocycles. The van der Waals surface area contributed by atoms with Crippen molar-refractivity contribution in [2.45, 2.75) is 38.1 Å². The van der Waals surface area contributed by atoms with Crippen LogP contribution in [0, 0.1) is 5.41 Å². The van der Waals surface area contributed by atoms with Crippen molar-refractivity contribution in [3.8, 4) is 0 Å². The van der Waals surface area contributed by atoms with Gasteiger partial charge in [-0.1, -0.05) is 12.2 Å². The van der Waals surface area contributed by atoms with Crippen LogP contribution in [0.3, 0.4) is 0 Å². The van der Waals surface area contributed by atoms with E-state index in [1.807, 2.05) is 0 Å². The van der Waals surface area contributed by atoms with Gasteiger partial charge in [-0.25, -0.2) is 0 Å². The summed E-state index contributed by atoms with van der Waals surface area (Å²) in [6, 6.07) is 0.751. The first-order chi connectivity index (χ1) is 8.01. The van der Waals surface area contributed by atoms with E-state index >= 15 is 0 Å². The van der Waals surface area contributed by atoms with E-state index < -0.39 is 0 Å². The number of hydrogen-bond donors (Lipinski definition) is 1. The number of nitrogens with two attached hydrogens (primary N) is 1. The molecule has 4 heteroatoms. The molecule has 1 aliphatic heterocycles. The molecular weight excluding hydrogens is 230 g/mol. The minimum Gasteiger partial charge on any atom is -0.393 e. The predicted octanol–water partition coefficient (Wildman–Crippen LogP) is 1.47. The first-order valence-electron chi connectivity index (χ1n) is 6.68. The quantitative estimate of drug-likeness (QED) is 0.729. The average Bonchev–Trinajstić information content (AvgIpc) is 2.82. The van der Waals surface area contributed by atoms with Crippen molar-refractivity contribution < 1.29 is 0 Å². The van der Waals surface area contributed by atoms with Gasteiger partial charge >= 0.3 is 0 Å². The van der Waals surface area contributed by atoms with Gasteiger partial charge in [0, 0.05) is 25.6 Å². The Morgan fingerprint density at radius 3 is 2.71 bits per heavy atom. The van der Waals surface area contributed by atoms with Crippen molar-refractivity contribution >= 4 is 17.2 Å². The van der Waals surface area contributed by atoms with E-state index in [0.717, 1.165) is 19.0 Å². The highest BCUT2D eigenvalue weighted by Gasteiger charge is 2.43. The zero-order valence-electron chi connectivity index (χ0n) is 11.1. The zero-order chi connectivity index (χ0) is 12.5. The van der Waals surface area contributed by atoms with Crippen molar-refractivity contribution in [2.75, 3.05) is 33.7 Å². The number of thiocarbonyl (C=S) groups is 1. The van der Waals surface area contributed by atoms with E-state index in [2.05, 4.69) is 23.9 Å². The van der Waals surface area contributed by atoms with E-state index in [1.165, 1.54) is 38.8 Å². The maximum atomic E-state index is 5.68. The third kappa shape index (κ3) is 3.63. The second-order valence-corrected chi connectivity index (χ2v) is 6.64. The fourth-order valence-corrected chi connectivity index (χ4v) is 3.45. The van der Waals surface area contributed by atoms with Gasteiger partial charge in [0.25, 0.3) is 0 Å². The summed E-state index contributed by atoms with van der Waals surface area (Å²) < 4.78 is 0. The smallest absolute Gasteiger partial charge is 0.0733 e. The Morgan fingerprint density at radius 1 is 1.53 bits per heavy atom. The molecule has 0 aromatic rings. The standard InChI is InChI=1S/C13H25N3S/c1-15(9-11-4-3-7-16(11)2)10-13(5-6-13)8-12(14)17/h11H,3-10H2,1-2H3,(H2,14,17). The normalized spacial score (nSPS) is 27.6. The summed E-state index contributed by atoms with van der Waals surface area (Å²) in [6.07, 6.45) is 6.24. The number of likely N-dealkylation sites (tertiary alicyclic amines) is 1. The van der Waals surface area contributed by atoms with Crippen molar-refractivity contribution in [2.24, 2.45) is 11.1 Å². The van der Waals surface area contributed by atoms with Crippen LogP contribution in [0.25, 0.3) is 0 Å². The molecule has 0 amide bonds. The molecular formula is C13H25N3S. The Hall–Kier alpha value is -0.190. The molecule has 0 bridgehead atoms. The van der Waals surface area contributed by atoms with E-state index in [1.54, 1.807) is 0 Å². The molecule has 0 radical (unpaired) electrons. The van der Waals surface area contributed by atoms with Crippen molar-refractivity contribution in [3.63, 3.8) is 0 Å². The molecule has 17 heavy (non-hydrogen) atoms. The van der Waals surface area contributed by atoms with Crippen molar-refractivity contribution in [1.82, 2.24) is 9.80 Å². The van der Waals surface area contributed by atoms with Gasteiger partial charge in [0.15, 0.2) is 0 Å². The van der Waals surface area contributed by atoms with Crippen LogP contribution in [0.5, 0.6) is 0 Å². The van der Waals surface area contributed by atoms with E-state index in [0.29, 0.717) is 10.4 Å². The van der Waals surface area contributed by atoms with Crippen LogP contribution in [-0.4, -0.2) is 54.6 Å². The molecule has 2 N–H and O–H groups in total. The molecule has 2 aliphatic rings. The lowest BCUT2D eigenvalue weighted by molar-refractivity contribution is 0.194. The van der Waals surface area contributed by atoms with E-state index in [9.17, 15) is 0 Å². The highest BCUT2D eigenvalue weighted by Crippen LogP contribution is 2.49. The summed E-state index contributed by atoms with van der Waals surface area (Å²) in [5.41, 5.74) is 6.11. The maximum absolute atomic E-state index is 5.68. The van der Waals surface area contributed by atoms with Crippen molar-refractivity contribution in [1.29, 1.82) is 0 Å². The molecule has 0 spiro atoms. The number of rotatable bonds is 6. The summed E-state index contributed by atoms with van der Waals surface area (Å²) in [5.74, 6) is 0. The summed E-state index contributed by atoms with van der Waals surface area (Å²) in [4.78, 5) is 5.66. The third-order valence-corrected chi connectivity index (χ3v) is 4.45. The van der Waals surface area contributed by atoms with E-state index in [-0.39, 0.29) is 0 Å². The lowest BCUT2D eigenvalue weighted by Crippen LogP contribution is -2.39. The maximum Gasteiger partial charge on any atom is 0.0733 e. The predicted molar refractivity (Wildman–Crippen MR) is 76.2 cm³/mol. The topological polar surface area (TPSA) is 32.5 Å². The Bertz CT molecular complexity index is 288. The SMILES string of the molecule is CN(CC1CCCN1C)CC1(CC(N)=S)CC1. The van der Waals surface area contributed by atoms with Crippen LogP contribution >= 0.6 is 12.2 Å². The Balaban J connectivity index is 1.77. The van der Waals surface area contributed by atoms with Gasteiger partial charge in [0.2, 0.25) is 0 Å². The lowest BCUT2D eigenvalue weighted by Gasteiger charge is -2.28. The van der Waals surface area contributed by atoms with Crippen LogP contribution in [-0.2, 0) is 0 Å². The molecule has 1 saturated carbocycles. The van der Waals surface area contributed by atoms with Gasteiger partial charge in [0.1, 0.15) is 0 Å². The largest absolute Gasteiger partial charge is 0.393 e. The Kier molecular flexibility index (Phi) is 4.06. The van der Waals surface area contributed by atoms with E-state index in [4.69, 9.17) is 18.0 Å². The van der Waals surface area contributed by atoms with Gasteiger partial charge in [-0.15, -0.1) is 0 Å². The molecule has 2 rings (SSSR count). The summed E-state index contributed by atoms with van der Waals surface area (Å²) >= 11 is 5.05. The third-order valence-electron chi connectivity index (χ3n) is 4.31. The molecule has 2 fully saturated rings. The molecule has 1 aliphatic carbocycles. The molecule has 98 valence electrons. The molecule has 0 aromatic carbocycles. The Morgan fingerprint density at radius 2 is 2.24 bits per heavy atom. The highest BCUT2D eigenvalue weighted by atomic mass is 32.1. The van der Waals surface area contributed by atoms with Gasteiger partial charge in [-0.05, 0) is 51.7 Å². The van der Waals surface area contributed by atoms with Crippen LogP contribution in [0.4, 0.5) is 0 Å². The molecule has 1 atom stereocenters. The number of likely N-dealkylation sites (N-methyl/N-ethyl adjacent to an activating group) is 2. The highest BCUT2D eigenvalue weighted by molar-refractivity contribution is 7.80. The lowest BCUT2D eigenvalue weighted by atomic mass is 10.0. The first-order valence-corrected chi connectivity index (χ1v) is 7.09. The Labute approximate surface area is 110 Å². The minimum absolute atomic E-state index is 0.428. The van der Waals surface area contributed by atoms with Crippen LogP contribution < -0.4 is 5.73 Å². The van der Waals surface area contributed by atoms with Gasteiger partial charge in [-0.3, -0.25) is 0 Å². The zero-order valence-corrected chi connectivity index (χ0v) is 11.9. The van der Waals surface area contributed by atoms with Crippen LogP contribution in [0.15, 0.2) is 0 Å². The second kappa shape index (κ2) is 5.21. The molecule has 0 aromatic heterocycles. The second-order valence-electron chi connectivity index (χ2n) is 6.12. The monoisotopic (exact) mass is 255 g/mol. The summed E-state index contributed by atoms with van der Waals surface area (Å²) in [7, 11) is 4.49. The number of nitrogens with zero attached hydrogens (tertiary/aromatic N) is 2. The van der Waals surface area contributed by atoms with Crippen LogP contribution in [0.1, 0.15) is 32.1 Å². The van der Waals surface area contributed by atoms with Gasteiger partial charge in [-0.2, -0.15) is 0 Å². The summed E-state index contributed by atoms with van der Waals surface area (Å²) in [5, 5.41) is 0. The number of hydrogen-bond acceptors (Lipinski definition) is 3. The molecule has 3 nitrogen and oxygen atoms in total. The van der Waals surface area contributed by atoms with Gasteiger partial charge in [0.05, 0.1) is 4.99 Å².